The number of carbonyl (C=O) groups excluding carboxylic acids is 2. The number of benzene rings is 1. The second-order valence-electron chi connectivity index (χ2n) is 8.32. The summed E-state index contributed by atoms with van der Waals surface area (Å²) in [7, 11) is 0. The summed E-state index contributed by atoms with van der Waals surface area (Å²) < 4.78 is 0. The smallest absolute Gasteiger partial charge is 0.548 e. The fourth-order valence-corrected chi connectivity index (χ4v) is 2.63. The van der Waals surface area contributed by atoms with Crippen molar-refractivity contribution in [3.05, 3.63) is 28.8 Å². The maximum absolute atomic E-state index is 11.3. The van der Waals surface area contributed by atoms with E-state index in [1.165, 1.54) is 6.92 Å². The molecule has 0 aliphatic rings. The molecule has 0 aliphatic heterocycles. The number of carbonyl (C=O) groups is 2. The van der Waals surface area contributed by atoms with Crippen LogP contribution in [0, 0.1) is 0 Å². The van der Waals surface area contributed by atoms with Crippen LogP contribution in [0.25, 0.3) is 0 Å². The molecule has 1 aromatic carbocycles. The van der Waals surface area contributed by atoms with Crippen LogP contribution < -0.4 is 40.0 Å². The van der Waals surface area contributed by atoms with Crippen molar-refractivity contribution in [1.29, 1.82) is 0 Å². The molecule has 0 aromatic heterocycles. The molecule has 0 fully saturated rings. The number of phenols is 1. The molecule has 134 valence electrons. The predicted octanol–water partition coefficient (Wildman–Crippen LogP) is -1.21. The minimum atomic E-state index is -1.33. The number of aliphatic carboxylic acids is 1. The van der Waals surface area contributed by atoms with E-state index in [0.29, 0.717) is 0 Å². The maximum atomic E-state index is 11.3. The van der Waals surface area contributed by atoms with E-state index in [2.05, 4.69) is 5.32 Å². The minimum Gasteiger partial charge on any atom is -0.548 e. The monoisotopic (exact) mass is 357 g/mol. The summed E-state index contributed by atoms with van der Waals surface area (Å²) in [5.41, 5.74) is 1.65. The second kappa shape index (κ2) is 8.56. The number of phenolic OH excluding ortho intramolecular Hbond substituents is 1. The normalized spacial score (nSPS) is 12.9. The molecule has 2 N–H and O–H groups in total. The zero-order valence-corrected chi connectivity index (χ0v) is 18.6. The summed E-state index contributed by atoms with van der Waals surface area (Å²) in [6, 6.07) is 2.51. The summed E-state index contributed by atoms with van der Waals surface area (Å²) in [5, 5.41) is 24.4. The van der Waals surface area contributed by atoms with Gasteiger partial charge in [-0.05, 0) is 33.9 Å². The van der Waals surface area contributed by atoms with Gasteiger partial charge in [0.1, 0.15) is 5.75 Å². The Balaban J connectivity index is 0.00000576. The van der Waals surface area contributed by atoms with Crippen LogP contribution in [0.15, 0.2) is 12.1 Å². The number of hydrogen-bond donors (Lipinski definition) is 2. The van der Waals surface area contributed by atoms with Crippen molar-refractivity contribution >= 4 is 11.9 Å². The molecule has 1 amide bonds. The number of carboxylic acids is 1. The van der Waals surface area contributed by atoms with Crippen molar-refractivity contribution in [2.45, 2.75) is 71.8 Å². The topological polar surface area (TPSA) is 89.5 Å². The molecule has 5 nitrogen and oxygen atoms in total. The largest absolute Gasteiger partial charge is 1.00 e. The minimum absolute atomic E-state index is 0. The summed E-state index contributed by atoms with van der Waals surface area (Å²) in [5.74, 6) is -1.51. The number of rotatable bonds is 4. The fraction of sp³-hybridized carbons (Fsp3) is 0.579. The third-order valence-electron chi connectivity index (χ3n) is 3.89. The van der Waals surface area contributed by atoms with Gasteiger partial charge in [0.05, 0.1) is 12.0 Å². The first kappa shape index (κ1) is 24.0. The molecule has 0 saturated carbocycles. The average Bonchev–Trinajstić information content (AvgIpc) is 2.36. The van der Waals surface area contributed by atoms with Gasteiger partial charge in [0.15, 0.2) is 0 Å². The fourth-order valence-electron chi connectivity index (χ4n) is 2.63. The first-order valence-electron chi connectivity index (χ1n) is 8.08. The van der Waals surface area contributed by atoms with Gasteiger partial charge in [-0.3, -0.25) is 4.79 Å². The summed E-state index contributed by atoms with van der Waals surface area (Å²) in [6.45, 7) is 13.2. The van der Waals surface area contributed by atoms with Crippen molar-refractivity contribution in [1.82, 2.24) is 5.32 Å². The number of nitrogens with one attached hydrogen (secondary N) is 1. The SMILES string of the molecule is CC(=O)NC(Cc1cc(C(C)(C)C)c(O)c(C(C)(C)C)c1)C(=O)[O-].[Na+]. The zero-order valence-electron chi connectivity index (χ0n) is 16.6. The molecule has 0 saturated heterocycles. The van der Waals surface area contributed by atoms with Crippen LogP contribution in [0.4, 0.5) is 0 Å². The Hall–Kier alpha value is -1.04. The van der Waals surface area contributed by atoms with Crippen molar-refractivity contribution in [2.24, 2.45) is 0 Å². The van der Waals surface area contributed by atoms with Gasteiger partial charge in [0, 0.05) is 6.92 Å². The number of aromatic hydroxyl groups is 1. The van der Waals surface area contributed by atoms with E-state index in [-0.39, 0.29) is 52.6 Å². The Bertz CT molecular complexity index is 607. The van der Waals surface area contributed by atoms with Gasteiger partial charge in [-0.2, -0.15) is 0 Å². The molecule has 1 aromatic rings. The Morgan fingerprint density at radius 1 is 1.08 bits per heavy atom. The molecule has 6 heteroatoms. The van der Waals surface area contributed by atoms with Crippen molar-refractivity contribution in [3.63, 3.8) is 0 Å². The summed E-state index contributed by atoms with van der Waals surface area (Å²) in [4.78, 5) is 22.5. The predicted molar refractivity (Wildman–Crippen MR) is 91.8 cm³/mol. The van der Waals surface area contributed by atoms with E-state index in [9.17, 15) is 19.8 Å². The quantitative estimate of drug-likeness (QED) is 0.662. The molecule has 0 bridgehead atoms. The van der Waals surface area contributed by atoms with Gasteiger partial charge in [-0.25, -0.2) is 0 Å². The molecular formula is C19H28NNaO4. The van der Waals surface area contributed by atoms with Gasteiger partial charge >= 0.3 is 29.6 Å². The van der Waals surface area contributed by atoms with Crippen LogP contribution in [0.3, 0.4) is 0 Å². The average molecular weight is 357 g/mol. The van der Waals surface area contributed by atoms with Gasteiger partial charge in [0.25, 0.3) is 0 Å². The molecule has 25 heavy (non-hydrogen) atoms. The van der Waals surface area contributed by atoms with E-state index in [0.717, 1.165) is 16.7 Å². The molecule has 0 heterocycles. The van der Waals surface area contributed by atoms with E-state index < -0.39 is 17.9 Å². The molecule has 0 spiro atoms. The Kier molecular flexibility index (Phi) is 8.21. The first-order chi connectivity index (χ1) is 10.7. The molecule has 1 atom stereocenters. The molecule has 0 aliphatic carbocycles. The summed E-state index contributed by atoms with van der Waals surface area (Å²) in [6.07, 6.45) is 0.106. The van der Waals surface area contributed by atoms with Crippen LogP contribution in [-0.2, 0) is 26.8 Å². The van der Waals surface area contributed by atoms with Crippen molar-refractivity contribution in [2.75, 3.05) is 0 Å². The number of hydrogen-bond acceptors (Lipinski definition) is 4. The number of amides is 1. The standard InChI is InChI=1S/C19H29NO4.Na/c1-11(21)20-15(17(23)24)10-12-8-13(18(2,3)4)16(22)14(9-12)19(5,6)7;/h8-9,15,22H,10H2,1-7H3,(H,20,21)(H,23,24);/q;+1/p-1. The zero-order chi connectivity index (χ0) is 18.9. The van der Waals surface area contributed by atoms with E-state index in [1.807, 2.05) is 53.7 Å². The van der Waals surface area contributed by atoms with Gasteiger partial charge in [-0.15, -0.1) is 0 Å². The molecule has 0 radical (unpaired) electrons. The number of carboxylic acid groups (broad SMARTS) is 1. The molecular weight excluding hydrogens is 329 g/mol. The van der Waals surface area contributed by atoms with Crippen LogP contribution >= 0.6 is 0 Å². The van der Waals surface area contributed by atoms with Crippen LogP contribution in [0.1, 0.15) is 65.2 Å². The second-order valence-corrected chi connectivity index (χ2v) is 8.32. The van der Waals surface area contributed by atoms with Crippen LogP contribution in [-0.4, -0.2) is 23.0 Å². The first-order valence-corrected chi connectivity index (χ1v) is 8.08. The van der Waals surface area contributed by atoms with Crippen molar-refractivity contribution < 1.29 is 49.4 Å². The van der Waals surface area contributed by atoms with E-state index in [4.69, 9.17) is 0 Å². The summed E-state index contributed by atoms with van der Waals surface area (Å²) >= 11 is 0. The van der Waals surface area contributed by atoms with Crippen LogP contribution in [0.5, 0.6) is 5.75 Å². The van der Waals surface area contributed by atoms with Gasteiger partial charge < -0.3 is 20.3 Å². The van der Waals surface area contributed by atoms with Crippen LogP contribution in [0.2, 0.25) is 0 Å². The maximum Gasteiger partial charge on any atom is 1.00 e. The molecule has 1 unspecified atom stereocenters. The Labute approximate surface area is 172 Å². The third-order valence-corrected chi connectivity index (χ3v) is 3.89. The van der Waals surface area contributed by atoms with E-state index >= 15 is 0 Å². The Morgan fingerprint density at radius 2 is 1.48 bits per heavy atom. The van der Waals surface area contributed by atoms with E-state index in [1.54, 1.807) is 0 Å². The Morgan fingerprint density at radius 3 is 1.76 bits per heavy atom. The van der Waals surface area contributed by atoms with Crippen molar-refractivity contribution in [3.8, 4) is 5.75 Å². The van der Waals surface area contributed by atoms with Gasteiger partial charge in [0.2, 0.25) is 5.91 Å². The molecule has 1 rings (SSSR count). The van der Waals surface area contributed by atoms with Gasteiger partial charge in [-0.1, -0.05) is 53.7 Å². The third kappa shape index (κ3) is 6.65.